The van der Waals surface area contributed by atoms with Gasteiger partial charge in [-0.25, -0.2) is 0 Å². The SMILES string of the molecule is O=C([C@H]1C[C@@H]1c1ccccc1Cl)N1CCC(C(=O)O)(c2ccccc2)CC1. The summed E-state index contributed by atoms with van der Waals surface area (Å²) in [5, 5.41) is 10.6. The van der Waals surface area contributed by atoms with Gasteiger partial charge in [0.1, 0.15) is 0 Å². The minimum Gasteiger partial charge on any atom is -0.481 e. The third-order valence-electron chi connectivity index (χ3n) is 6.08. The van der Waals surface area contributed by atoms with Gasteiger partial charge in [-0.3, -0.25) is 9.59 Å². The van der Waals surface area contributed by atoms with E-state index in [0.717, 1.165) is 17.5 Å². The molecule has 1 amide bonds. The smallest absolute Gasteiger partial charge is 0.314 e. The maximum absolute atomic E-state index is 12.9. The fraction of sp³-hybridized carbons (Fsp3) is 0.364. The van der Waals surface area contributed by atoms with Crippen LogP contribution in [0, 0.1) is 5.92 Å². The van der Waals surface area contributed by atoms with E-state index in [9.17, 15) is 14.7 Å². The zero-order valence-corrected chi connectivity index (χ0v) is 15.7. The Bertz CT molecular complexity index is 859. The number of carboxylic acid groups (broad SMARTS) is 1. The summed E-state index contributed by atoms with van der Waals surface area (Å²) >= 11 is 6.26. The average Bonchev–Trinajstić information content (AvgIpc) is 3.49. The Morgan fingerprint density at radius 3 is 2.26 bits per heavy atom. The van der Waals surface area contributed by atoms with Gasteiger partial charge in [-0.15, -0.1) is 0 Å². The van der Waals surface area contributed by atoms with Crippen molar-refractivity contribution < 1.29 is 14.7 Å². The van der Waals surface area contributed by atoms with Gasteiger partial charge in [0.15, 0.2) is 0 Å². The first-order valence-electron chi connectivity index (χ1n) is 9.35. The van der Waals surface area contributed by atoms with Crippen LogP contribution in [0.25, 0.3) is 0 Å². The van der Waals surface area contributed by atoms with Gasteiger partial charge in [-0.05, 0) is 42.4 Å². The van der Waals surface area contributed by atoms with Gasteiger partial charge in [0, 0.05) is 24.0 Å². The van der Waals surface area contributed by atoms with Crippen LogP contribution in [-0.4, -0.2) is 35.0 Å². The summed E-state index contributed by atoms with van der Waals surface area (Å²) in [6, 6.07) is 17.1. The van der Waals surface area contributed by atoms with Gasteiger partial charge >= 0.3 is 5.97 Å². The Hall–Kier alpha value is -2.33. The molecule has 2 aliphatic rings. The van der Waals surface area contributed by atoms with Crippen LogP contribution in [0.3, 0.4) is 0 Å². The summed E-state index contributed by atoms with van der Waals surface area (Å²) in [6.45, 7) is 0.956. The molecule has 4 nitrogen and oxygen atoms in total. The lowest BCUT2D eigenvalue weighted by molar-refractivity contribution is -0.148. The van der Waals surface area contributed by atoms with E-state index >= 15 is 0 Å². The van der Waals surface area contributed by atoms with Crippen molar-refractivity contribution in [3.8, 4) is 0 Å². The lowest BCUT2D eigenvalue weighted by atomic mass is 9.73. The van der Waals surface area contributed by atoms with Gasteiger partial charge in [-0.1, -0.05) is 60.1 Å². The molecule has 1 N–H and O–H groups in total. The zero-order valence-electron chi connectivity index (χ0n) is 15.0. The quantitative estimate of drug-likeness (QED) is 0.865. The number of likely N-dealkylation sites (tertiary alicyclic amines) is 1. The van der Waals surface area contributed by atoms with Crippen LogP contribution in [0.2, 0.25) is 5.02 Å². The third-order valence-corrected chi connectivity index (χ3v) is 6.42. The second-order valence-electron chi connectivity index (χ2n) is 7.55. The number of benzene rings is 2. The Balaban J connectivity index is 1.44. The van der Waals surface area contributed by atoms with Gasteiger partial charge in [0.2, 0.25) is 5.91 Å². The number of carboxylic acids is 1. The molecule has 1 saturated carbocycles. The van der Waals surface area contributed by atoms with Crippen molar-refractivity contribution in [3.05, 3.63) is 70.7 Å². The highest BCUT2D eigenvalue weighted by atomic mass is 35.5. The van der Waals surface area contributed by atoms with Crippen molar-refractivity contribution in [2.45, 2.75) is 30.6 Å². The number of hydrogen-bond acceptors (Lipinski definition) is 2. The maximum Gasteiger partial charge on any atom is 0.314 e. The average molecular weight is 384 g/mol. The second-order valence-corrected chi connectivity index (χ2v) is 7.96. The molecule has 0 aromatic heterocycles. The Morgan fingerprint density at radius 2 is 1.63 bits per heavy atom. The summed E-state index contributed by atoms with van der Waals surface area (Å²) in [6.07, 6.45) is 1.71. The minimum absolute atomic E-state index is 0.0287. The highest BCUT2D eigenvalue weighted by Crippen LogP contribution is 2.51. The molecule has 4 rings (SSSR count). The van der Waals surface area contributed by atoms with Gasteiger partial charge in [0.05, 0.1) is 5.41 Å². The number of rotatable bonds is 4. The first kappa shape index (κ1) is 18.1. The second kappa shape index (κ2) is 7.01. The molecule has 0 bridgehead atoms. The highest BCUT2D eigenvalue weighted by molar-refractivity contribution is 6.31. The molecular formula is C22H22ClNO3. The number of piperidine rings is 1. The molecule has 2 aromatic carbocycles. The summed E-state index contributed by atoms with van der Waals surface area (Å²) < 4.78 is 0. The highest BCUT2D eigenvalue weighted by Gasteiger charge is 2.49. The fourth-order valence-electron chi connectivity index (χ4n) is 4.31. The minimum atomic E-state index is -0.899. The third kappa shape index (κ3) is 3.23. The molecule has 27 heavy (non-hydrogen) atoms. The van der Waals surface area contributed by atoms with Crippen LogP contribution in [0.5, 0.6) is 0 Å². The molecule has 140 valence electrons. The molecule has 2 atom stereocenters. The number of carbonyl (C=O) groups is 2. The van der Waals surface area contributed by atoms with Gasteiger partial charge in [0.25, 0.3) is 0 Å². The van der Waals surface area contributed by atoms with Crippen LogP contribution in [0.4, 0.5) is 0 Å². The van der Waals surface area contributed by atoms with E-state index in [0.29, 0.717) is 31.0 Å². The van der Waals surface area contributed by atoms with Crippen LogP contribution in [0.15, 0.2) is 54.6 Å². The standard InChI is InChI=1S/C22H22ClNO3/c23-19-9-5-4-8-16(19)17-14-18(17)20(25)24-12-10-22(11-13-24,21(26)27)15-6-2-1-3-7-15/h1-9,17-18H,10-14H2,(H,26,27)/t17-,18+/m1/s1. The number of aliphatic carboxylic acids is 1. The van der Waals surface area contributed by atoms with Crippen LogP contribution in [0.1, 0.15) is 36.3 Å². The lowest BCUT2D eigenvalue weighted by Gasteiger charge is -2.39. The molecular weight excluding hydrogens is 362 g/mol. The fourth-order valence-corrected chi connectivity index (χ4v) is 4.59. The summed E-state index contributed by atoms with van der Waals surface area (Å²) in [7, 11) is 0. The first-order valence-corrected chi connectivity index (χ1v) is 9.73. The largest absolute Gasteiger partial charge is 0.481 e. The van der Waals surface area contributed by atoms with E-state index in [4.69, 9.17) is 11.6 Å². The summed E-state index contributed by atoms with van der Waals surface area (Å²) in [5.74, 6) is -0.515. The van der Waals surface area contributed by atoms with Crippen LogP contribution >= 0.6 is 11.6 Å². The van der Waals surface area contributed by atoms with E-state index in [1.54, 1.807) is 0 Å². The van der Waals surface area contributed by atoms with Crippen molar-refractivity contribution in [1.29, 1.82) is 0 Å². The van der Waals surface area contributed by atoms with Crippen molar-refractivity contribution >= 4 is 23.5 Å². The molecule has 0 spiro atoms. The zero-order chi connectivity index (χ0) is 19.0. The molecule has 2 aromatic rings. The van der Waals surface area contributed by atoms with Crippen molar-refractivity contribution in [2.75, 3.05) is 13.1 Å². The Kier molecular flexibility index (Phi) is 4.68. The predicted molar refractivity (Wildman–Crippen MR) is 104 cm³/mol. The molecule has 5 heteroatoms. The Labute approximate surface area is 163 Å². The number of carbonyl (C=O) groups excluding carboxylic acids is 1. The number of hydrogen-bond donors (Lipinski definition) is 1. The van der Waals surface area contributed by atoms with E-state index in [1.165, 1.54) is 0 Å². The number of nitrogens with zero attached hydrogens (tertiary/aromatic N) is 1. The molecule has 2 fully saturated rings. The molecule has 1 aliphatic heterocycles. The van der Waals surface area contributed by atoms with E-state index in [1.807, 2.05) is 59.5 Å². The topological polar surface area (TPSA) is 57.6 Å². The molecule has 1 heterocycles. The summed E-state index contributed by atoms with van der Waals surface area (Å²) in [5.41, 5.74) is 0.965. The number of amides is 1. The predicted octanol–water partition coefficient (Wildman–Crippen LogP) is 4.09. The van der Waals surface area contributed by atoms with Crippen LogP contribution < -0.4 is 0 Å². The molecule has 0 unspecified atom stereocenters. The normalized spacial score (nSPS) is 23.7. The van der Waals surface area contributed by atoms with Crippen molar-refractivity contribution in [2.24, 2.45) is 5.92 Å². The van der Waals surface area contributed by atoms with Gasteiger partial charge < -0.3 is 10.0 Å². The van der Waals surface area contributed by atoms with E-state index in [2.05, 4.69) is 0 Å². The molecule has 1 aliphatic carbocycles. The monoisotopic (exact) mass is 383 g/mol. The molecule has 0 radical (unpaired) electrons. The number of halogens is 1. The van der Waals surface area contributed by atoms with Crippen LogP contribution in [-0.2, 0) is 15.0 Å². The van der Waals surface area contributed by atoms with E-state index < -0.39 is 11.4 Å². The summed E-state index contributed by atoms with van der Waals surface area (Å²) in [4.78, 5) is 26.8. The van der Waals surface area contributed by atoms with Crippen molar-refractivity contribution in [3.63, 3.8) is 0 Å². The Morgan fingerprint density at radius 1 is 1.00 bits per heavy atom. The first-order chi connectivity index (χ1) is 13.0. The maximum atomic E-state index is 12.9. The van der Waals surface area contributed by atoms with Crippen molar-refractivity contribution in [1.82, 2.24) is 4.90 Å². The lowest BCUT2D eigenvalue weighted by Crippen LogP contribution is -2.49. The van der Waals surface area contributed by atoms with E-state index in [-0.39, 0.29) is 17.7 Å². The van der Waals surface area contributed by atoms with Gasteiger partial charge in [-0.2, -0.15) is 0 Å². The molecule has 1 saturated heterocycles.